The Kier molecular flexibility index (Phi) is 6.70. The van der Waals surface area contributed by atoms with Crippen LogP contribution in [0, 0.1) is 0 Å². The quantitative estimate of drug-likeness (QED) is 0.301. The number of amides is 1. The summed E-state index contributed by atoms with van der Waals surface area (Å²) in [6.45, 7) is 4.30. The minimum absolute atomic E-state index is 0.159. The van der Waals surface area contributed by atoms with Crippen molar-refractivity contribution < 1.29 is 9.53 Å². The number of aromatic nitrogens is 1. The Morgan fingerprint density at radius 3 is 2.29 bits per heavy atom. The highest BCUT2D eigenvalue weighted by Crippen LogP contribution is 2.29. The van der Waals surface area contributed by atoms with E-state index in [2.05, 4.69) is 24.1 Å². The zero-order valence-electron chi connectivity index (χ0n) is 17.2. The summed E-state index contributed by atoms with van der Waals surface area (Å²) >= 11 is 3.18. The predicted molar refractivity (Wildman–Crippen MR) is 129 cm³/mol. The van der Waals surface area contributed by atoms with E-state index in [0.29, 0.717) is 15.9 Å². The molecule has 1 heterocycles. The number of rotatable bonds is 7. The van der Waals surface area contributed by atoms with E-state index in [-0.39, 0.29) is 5.91 Å². The average molecular weight is 447 g/mol. The van der Waals surface area contributed by atoms with Crippen molar-refractivity contribution in [1.82, 2.24) is 4.98 Å². The summed E-state index contributed by atoms with van der Waals surface area (Å²) in [4.78, 5) is 18.3. The van der Waals surface area contributed by atoms with Crippen molar-refractivity contribution in [2.75, 3.05) is 5.32 Å². The van der Waals surface area contributed by atoms with Gasteiger partial charge in [0.25, 0.3) is 5.91 Å². The van der Waals surface area contributed by atoms with Crippen LogP contribution in [0.1, 0.15) is 24.2 Å². The molecule has 4 rings (SSSR count). The van der Waals surface area contributed by atoms with Crippen LogP contribution in [0.2, 0.25) is 0 Å². The van der Waals surface area contributed by atoms with E-state index >= 15 is 0 Å². The average Bonchev–Trinajstić information content (AvgIpc) is 3.23. The lowest BCUT2D eigenvalue weighted by molar-refractivity contribution is 0.102. The minimum Gasteiger partial charge on any atom is -0.457 e. The lowest BCUT2D eigenvalue weighted by Crippen LogP contribution is -2.11. The smallest absolute Gasteiger partial charge is 0.257 e. The molecule has 6 heteroatoms. The monoisotopic (exact) mass is 446 g/mol. The number of carbonyl (C=O) groups excluding carboxylic acids is 1. The molecule has 0 bridgehead atoms. The molecule has 0 spiro atoms. The van der Waals surface area contributed by atoms with Crippen LogP contribution in [0.5, 0.6) is 11.5 Å². The van der Waals surface area contributed by atoms with E-state index in [1.165, 1.54) is 11.3 Å². The third kappa shape index (κ3) is 5.75. The van der Waals surface area contributed by atoms with E-state index < -0.39 is 0 Å². The standard InChI is InChI=1S/C25H22N2O2S2/c1-17(2)31-22-14-10-19(11-15-22)24(28)27-25-26-23(16-30-25)18-8-12-21(13-9-18)29-20-6-4-3-5-7-20/h3-17H,1-2H3,(H,26,27,28). The number of benzene rings is 3. The minimum atomic E-state index is -0.159. The molecular formula is C25H22N2O2S2. The Hall–Kier alpha value is -3.09. The van der Waals surface area contributed by atoms with Crippen LogP contribution in [-0.2, 0) is 0 Å². The first-order valence-corrected chi connectivity index (χ1v) is 11.7. The van der Waals surface area contributed by atoms with Crippen LogP contribution in [0.3, 0.4) is 0 Å². The van der Waals surface area contributed by atoms with Gasteiger partial charge < -0.3 is 4.74 Å². The molecule has 0 aliphatic carbocycles. The largest absolute Gasteiger partial charge is 0.457 e. The molecule has 0 aliphatic rings. The maximum Gasteiger partial charge on any atom is 0.257 e. The van der Waals surface area contributed by atoms with Gasteiger partial charge in [-0.2, -0.15) is 0 Å². The highest BCUT2D eigenvalue weighted by Gasteiger charge is 2.11. The number of carbonyl (C=O) groups is 1. The number of para-hydroxylation sites is 1. The van der Waals surface area contributed by atoms with Crippen LogP contribution >= 0.6 is 23.1 Å². The Morgan fingerprint density at radius 1 is 0.935 bits per heavy atom. The molecule has 3 aromatic carbocycles. The molecule has 31 heavy (non-hydrogen) atoms. The molecule has 0 fully saturated rings. The van der Waals surface area contributed by atoms with Gasteiger partial charge in [-0.05, 0) is 60.7 Å². The first kappa shape index (κ1) is 21.2. The maximum absolute atomic E-state index is 12.5. The molecule has 0 unspecified atom stereocenters. The number of anilines is 1. The maximum atomic E-state index is 12.5. The van der Waals surface area contributed by atoms with Gasteiger partial charge in [0, 0.05) is 26.7 Å². The van der Waals surface area contributed by atoms with Gasteiger partial charge in [0.05, 0.1) is 5.69 Å². The zero-order chi connectivity index (χ0) is 21.6. The Balaban J connectivity index is 1.39. The topological polar surface area (TPSA) is 51.2 Å². The Labute approximate surface area is 190 Å². The molecule has 156 valence electrons. The lowest BCUT2D eigenvalue weighted by atomic mass is 10.2. The van der Waals surface area contributed by atoms with Crippen LogP contribution in [0.15, 0.2) is 89.1 Å². The molecular weight excluding hydrogens is 424 g/mol. The van der Waals surface area contributed by atoms with Gasteiger partial charge in [-0.3, -0.25) is 10.1 Å². The van der Waals surface area contributed by atoms with Gasteiger partial charge >= 0.3 is 0 Å². The lowest BCUT2D eigenvalue weighted by Gasteiger charge is -2.06. The highest BCUT2D eigenvalue weighted by molar-refractivity contribution is 7.99. The number of hydrogen-bond acceptors (Lipinski definition) is 5. The summed E-state index contributed by atoms with van der Waals surface area (Å²) < 4.78 is 5.83. The van der Waals surface area contributed by atoms with Crippen molar-refractivity contribution in [3.63, 3.8) is 0 Å². The van der Waals surface area contributed by atoms with E-state index in [9.17, 15) is 4.79 Å². The van der Waals surface area contributed by atoms with E-state index in [1.54, 1.807) is 11.8 Å². The third-order valence-electron chi connectivity index (χ3n) is 4.34. The van der Waals surface area contributed by atoms with Crippen molar-refractivity contribution in [2.45, 2.75) is 24.0 Å². The van der Waals surface area contributed by atoms with Crippen LogP contribution < -0.4 is 10.1 Å². The highest BCUT2D eigenvalue weighted by atomic mass is 32.2. The second kappa shape index (κ2) is 9.81. The molecule has 0 saturated carbocycles. The third-order valence-corrected chi connectivity index (χ3v) is 6.12. The SMILES string of the molecule is CC(C)Sc1ccc(C(=O)Nc2nc(-c3ccc(Oc4ccccc4)cc3)cs2)cc1. The van der Waals surface area contributed by atoms with Crippen molar-refractivity contribution in [3.05, 3.63) is 89.8 Å². The zero-order valence-corrected chi connectivity index (χ0v) is 18.9. The molecule has 0 saturated heterocycles. The van der Waals surface area contributed by atoms with Gasteiger partial charge in [-0.1, -0.05) is 32.0 Å². The fourth-order valence-corrected chi connectivity index (χ4v) is 4.46. The molecule has 1 aromatic heterocycles. The van der Waals surface area contributed by atoms with Crippen molar-refractivity contribution >= 4 is 34.1 Å². The Bertz CT molecular complexity index is 1140. The van der Waals surface area contributed by atoms with Crippen LogP contribution in [0.25, 0.3) is 11.3 Å². The Morgan fingerprint density at radius 2 is 1.61 bits per heavy atom. The predicted octanol–water partition coefficient (Wildman–Crippen LogP) is 7.36. The van der Waals surface area contributed by atoms with Gasteiger partial charge in [0.1, 0.15) is 11.5 Å². The number of hydrogen-bond donors (Lipinski definition) is 1. The number of nitrogens with zero attached hydrogens (tertiary/aromatic N) is 1. The second-order valence-corrected chi connectivity index (χ2v) is 9.63. The fourth-order valence-electron chi connectivity index (χ4n) is 2.91. The summed E-state index contributed by atoms with van der Waals surface area (Å²) in [5.74, 6) is 1.40. The molecule has 4 nitrogen and oxygen atoms in total. The van der Waals surface area contributed by atoms with Gasteiger partial charge in [-0.25, -0.2) is 4.98 Å². The van der Waals surface area contributed by atoms with E-state index in [1.807, 2.05) is 84.2 Å². The van der Waals surface area contributed by atoms with Crippen molar-refractivity contribution in [3.8, 4) is 22.8 Å². The van der Waals surface area contributed by atoms with Gasteiger partial charge in [0.2, 0.25) is 0 Å². The van der Waals surface area contributed by atoms with Crippen LogP contribution in [-0.4, -0.2) is 16.1 Å². The second-order valence-electron chi connectivity index (χ2n) is 7.12. The number of thiazole rings is 1. The summed E-state index contributed by atoms with van der Waals surface area (Å²) in [6.07, 6.45) is 0. The van der Waals surface area contributed by atoms with E-state index in [4.69, 9.17) is 4.74 Å². The summed E-state index contributed by atoms with van der Waals surface area (Å²) in [5.41, 5.74) is 2.40. The number of thioether (sulfide) groups is 1. The van der Waals surface area contributed by atoms with Gasteiger partial charge in [-0.15, -0.1) is 23.1 Å². The summed E-state index contributed by atoms with van der Waals surface area (Å²) in [5, 5.41) is 5.91. The fraction of sp³-hybridized carbons (Fsp3) is 0.120. The molecule has 1 N–H and O–H groups in total. The molecule has 4 aromatic rings. The molecule has 0 atom stereocenters. The van der Waals surface area contributed by atoms with Gasteiger partial charge in [0.15, 0.2) is 5.13 Å². The normalized spacial score (nSPS) is 10.8. The molecule has 0 aliphatic heterocycles. The van der Waals surface area contributed by atoms with Crippen molar-refractivity contribution in [2.24, 2.45) is 0 Å². The van der Waals surface area contributed by atoms with Crippen LogP contribution in [0.4, 0.5) is 5.13 Å². The first-order chi connectivity index (χ1) is 15.1. The number of ether oxygens (including phenoxy) is 1. The summed E-state index contributed by atoms with van der Waals surface area (Å²) in [7, 11) is 0. The molecule has 0 radical (unpaired) electrons. The molecule has 1 amide bonds. The first-order valence-electron chi connectivity index (χ1n) is 9.94. The van der Waals surface area contributed by atoms with E-state index in [0.717, 1.165) is 27.7 Å². The summed E-state index contributed by atoms with van der Waals surface area (Å²) in [6, 6.07) is 25.1. The number of nitrogens with one attached hydrogen (secondary N) is 1. The van der Waals surface area contributed by atoms with Crippen molar-refractivity contribution in [1.29, 1.82) is 0 Å².